The van der Waals surface area contributed by atoms with Gasteiger partial charge in [-0.05, 0) is 71.1 Å². The van der Waals surface area contributed by atoms with E-state index >= 15 is 0 Å². The maximum absolute atomic E-state index is 14.8. The fourth-order valence-corrected chi connectivity index (χ4v) is 7.85. The summed E-state index contributed by atoms with van der Waals surface area (Å²) in [5.74, 6) is -2.25. The van der Waals surface area contributed by atoms with E-state index in [1.165, 1.54) is 0 Å². The molecule has 3 aliphatic rings. The number of hydrogen-bond acceptors (Lipinski definition) is 6. The number of ether oxygens (including phenoxy) is 2. The van der Waals surface area contributed by atoms with Crippen LogP contribution in [0.1, 0.15) is 99.3 Å². The van der Waals surface area contributed by atoms with Crippen LogP contribution in [-0.2, 0) is 23.9 Å². The number of aliphatic hydroxyl groups is 1. The van der Waals surface area contributed by atoms with Gasteiger partial charge in [0.15, 0.2) is 0 Å². The van der Waals surface area contributed by atoms with Gasteiger partial charge in [0.25, 0.3) is 0 Å². The minimum Gasteiger partial charge on any atom is -0.465 e. The fourth-order valence-electron chi connectivity index (χ4n) is 7.85. The minimum absolute atomic E-state index is 0.0296. The third-order valence-electron chi connectivity index (χ3n) is 9.14. The summed E-state index contributed by atoms with van der Waals surface area (Å²) >= 11 is 0. The van der Waals surface area contributed by atoms with Crippen LogP contribution >= 0.6 is 0 Å². The Morgan fingerprint density at radius 3 is 2.39 bits per heavy atom. The van der Waals surface area contributed by atoms with Crippen molar-refractivity contribution in [1.29, 1.82) is 0 Å². The first-order valence-corrected chi connectivity index (χ1v) is 15.5. The van der Waals surface area contributed by atoms with Crippen molar-refractivity contribution in [3.8, 4) is 0 Å². The summed E-state index contributed by atoms with van der Waals surface area (Å²) in [4.78, 5) is 46.1. The zero-order valence-electron chi connectivity index (χ0n) is 26.4. The maximum Gasteiger partial charge on any atom is 0.312 e. The Morgan fingerprint density at radius 2 is 1.78 bits per heavy atom. The van der Waals surface area contributed by atoms with E-state index in [2.05, 4.69) is 47.8 Å². The number of aliphatic hydroxyl groups excluding tert-OH is 1. The molecular formula is C33H54N2O6. The number of esters is 1. The van der Waals surface area contributed by atoms with Gasteiger partial charge < -0.3 is 24.4 Å². The van der Waals surface area contributed by atoms with Crippen LogP contribution in [0, 0.1) is 17.3 Å². The molecule has 1 spiro atoms. The van der Waals surface area contributed by atoms with Crippen molar-refractivity contribution in [2.75, 3.05) is 26.3 Å². The molecule has 3 fully saturated rings. The molecule has 232 valence electrons. The molecule has 0 aromatic carbocycles. The van der Waals surface area contributed by atoms with E-state index in [0.29, 0.717) is 45.2 Å². The predicted octanol–water partition coefficient (Wildman–Crippen LogP) is 5.04. The van der Waals surface area contributed by atoms with Crippen LogP contribution in [0.2, 0.25) is 0 Å². The number of carbonyl (C=O) groups excluding carboxylic acids is 3. The lowest BCUT2D eigenvalue weighted by Crippen LogP contribution is -2.61. The average Bonchev–Trinajstić information content (AvgIpc) is 3.44. The van der Waals surface area contributed by atoms with Gasteiger partial charge in [-0.25, -0.2) is 0 Å². The zero-order chi connectivity index (χ0) is 30.6. The van der Waals surface area contributed by atoms with Gasteiger partial charge in [-0.15, -0.1) is 13.2 Å². The normalized spacial score (nSPS) is 29.0. The van der Waals surface area contributed by atoms with Gasteiger partial charge in [-0.3, -0.25) is 14.4 Å². The lowest BCUT2D eigenvalue weighted by Gasteiger charge is -2.45. The highest BCUT2D eigenvalue weighted by Crippen LogP contribution is 2.63. The van der Waals surface area contributed by atoms with Gasteiger partial charge in [0, 0.05) is 25.2 Å². The molecule has 8 heteroatoms. The van der Waals surface area contributed by atoms with Crippen LogP contribution < -0.4 is 0 Å². The molecule has 3 saturated heterocycles. The van der Waals surface area contributed by atoms with Crippen LogP contribution in [0.3, 0.4) is 0 Å². The van der Waals surface area contributed by atoms with E-state index in [1.807, 2.05) is 11.8 Å². The van der Waals surface area contributed by atoms with Gasteiger partial charge >= 0.3 is 5.97 Å². The molecule has 0 saturated carbocycles. The number of carbonyl (C=O) groups is 3. The number of hydrogen-bond donors (Lipinski definition) is 1. The number of rotatable bonds is 16. The molecule has 2 unspecified atom stereocenters. The molecule has 1 N–H and O–H groups in total. The van der Waals surface area contributed by atoms with E-state index in [9.17, 15) is 19.5 Å². The van der Waals surface area contributed by atoms with Crippen molar-refractivity contribution in [2.24, 2.45) is 17.3 Å². The number of fused-ring (bicyclic) bond motifs is 1. The molecule has 2 amide bonds. The molecule has 0 radical (unpaired) electrons. The summed E-state index contributed by atoms with van der Waals surface area (Å²) in [5, 5.41) is 9.19. The molecule has 3 aliphatic heterocycles. The molecule has 41 heavy (non-hydrogen) atoms. The van der Waals surface area contributed by atoms with Crippen LogP contribution in [0.5, 0.6) is 0 Å². The lowest BCUT2D eigenvalue weighted by atomic mass is 9.66. The summed E-state index contributed by atoms with van der Waals surface area (Å²) in [7, 11) is 0. The lowest BCUT2D eigenvalue weighted by molar-refractivity contribution is -0.161. The largest absolute Gasteiger partial charge is 0.465 e. The van der Waals surface area contributed by atoms with Crippen molar-refractivity contribution >= 4 is 17.8 Å². The highest BCUT2D eigenvalue weighted by atomic mass is 16.6. The van der Waals surface area contributed by atoms with Gasteiger partial charge in [0.1, 0.15) is 17.6 Å². The van der Waals surface area contributed by atoms with Gasteiger partial charge in [-0.2, -0.15) is 0 Å². The van der Waals surface area contributed by atoms with Crippen molar-refractivity contribution in [3.05, 3.63) is 25.3 Å². The summed E-state index contributed by atoms with van der Waals surface area (Å²) in [6.45, 7) is 21.3. The smallest absolute Gasteiger partial charge is 0.312 e. The average molecular weight is 575 g/mol. The second-order valence-electron chi connectivity index (χ2n) is 14.3. The number of amides is 2. The molecule has 0 aliphatic carbocycles. The Kier molecular flexibility index (Phi) is 10.6. The molecular weight excluding hydrogens is 520 g/mol. The van der Waals surface area contributed by atoms with E-state index in [1.54, 1.807) is 17.1 Å². The van der Waals surface area contributed by atoms with Crippen LogP contribution in [0.4, 0.5) is 0 Å². The molecule has 3 rings (SSSR count). The summed E-state index contributed by atoms with van der Waals surface area (Å²) in [5.41, 5.74) is -2.46. The van der Waals surface area contributed by atoms with Gasteiger partial charge in [0.05, 0.1) is 18.1 Å². The predicted molar refractivity (Wildman–Crippen MR) is 160 cm³/mol. The monoisotopic (exact) mass is 574 g/mol. The first kappa shape index (κ1) is 33.3. The van der Waals surface area contributed by atoms with Crippen LogP contribution in [-0.4, -0.2) is 81.8 Å². The Balaban J connectivity index is 2.00. The first-order valence-electron chi connectivity index (χ1n) is 15.5. The Labute approximate surface area is 247 Å². The third-order valence-corrected chi connectivity index (χ3v) is 9.14. The number of allylic oxidation sites excluding steroid dienone is 1. The van der Waals surface area contributed by atoms with E-state index in [4.69, 9.17) is 9.47 Å². The molecule has 2 bridgehead atoms. The quantitative estimate of drug-likeness (QED) is 0.158. The van der Waals surface area contributed by atoms with Crippen LogP contribution in [0.25, 0.3) is 0 Å². The van der Waals surface area contributed by atoms with Gasteiger partial charge in [-0.1, -0.05) is 45.8 Å². The van der Waals surface area contributed by atoms with Crippen molar-refractivity contribution in [3.63, 3.8) is 0 Å². The van der Waals surface area contributed by atoms with E-state index < -0.39 is 40.6 Å². The Hall–Kier alpha value is -2.19. The maximum atomic E-state index is 14.8. The van der Waals surface area contributed by atoms with E-state index in [-0.39, 0.29) is 30.4 Å². The summed E-state index contributed by atoms with van der Waals surface area (Å²) < 4.78 is 12.4. The van der Waals surface area contributed by atoms with Crippen LogP contribution in [0.15, 0.2) is 25.3 Å². The molecule has 8 nitrogen and oxygen atoms in total. The summed E-state index contributed by atoms with van der Waals surface area (Å²) in [6.07, 6.45) is 9.92. The van der Waals surface area contributed by atoms with Crippen molar-refractivity contribution in [2.45, 2.75) is 122 Å². The second-order valence-corrected chi connectivity index (χ2v) is 14.3. The number of likely N-dealkylation sites (tertiary alicyclic amines) is 1. The molecule has 3 heterocycles. The standard InChI is InChI=1S/C33H54N2O6/c1-9-11-16-22-40-29(39)25-24-27(37)34(20-14-12-13-15-21-36)26(33(24)18-17-32(25,8)41-33)28(38)35(19-10-2)31(6,7)23-30(3,4)5/h9-10,24-26,36H,1-2,11-23H2,3-8H3/t24-,25+,26?,32-,33?/m0/s1. The third kappa shape index (κ3) is 6.74. The SMILES string of the molecule is C=CCCCOC(=O)[C@H]1[C@H]2C(=O)N(CCCCCCO)C(C(=O)N(CC=C)C(C)(C)CC(C)(C)C)C23CC[C@]1(C)O3. The van der Waals surface area contributed by atoms with Crippen molar-refractivity contribution in [1.82, 2.24) is 9.80 Å². The van der Waals surface area contributed by atoms with Crippen molar-refractivity contribution < 1.29 is 29.0 Å². The first-order chi connectivity index (χ1) is 19.2. The molecule has 0 aromatic heterocycles. The number of unbranched alkanes of at least 4 members (excludes halogenated alkanes) is 4. The minimum atomic E-state index is -1.07. The molecule has 0 aromatic rings. The fraction of sp³-hybridized carbons (Fsp3) is 0.788. The molecule has 5 atom stereocenters. The zero-order valence-corrected chi connectivity index (χ0v) is 26.4. The highest BCUT2D eigenvalue weighted by molar-refractivity contribution is 5.98. The second kappa shape index (κ2) is 13.0. The summed E-state index contributed by atoms with van der Waals surface area (Å²) in [6, 6.07) is -0.822. The highest BCUT2D eigenvalue weighted by Gasteiger charge is 2.78. The Bertz CT molecular complexity index is 987. The Morgan fingerprint density at radius 1 is 1.10 bits per heavy atom. The topological polar surface area (TPSA) is 96.4 Å². The number of nitrogens with zero attached hydrogens (tertiary/aromatic N) is 2. The van der Waals surface area contributed by atoms with Gasteiger partial charge in [0.2, 0.25) is 11.8 Å². The van der Waals surface area contributed by atoms with E-state index in [0.717, 1.165) is 25.7 Å².